The van der Waals surface area contributed by atoms with Gasteiger partial charge < -0.3 is 10.5 Å². The molecule has 0 fully saturated rings. The third kappa shape index (κ3) is 1.36. The van der Waals surface area contributed by atoms with E-state index in [0.29, 0.717) is 0 Å². The summed E-state index contributed by atoms with van der Waals surface area (Å²) in [5.41, 5.74) is -0.429. The predicted octanol–water partition coefficient (Wildman–Crippen LogP) is 0.221. The van der Waals surface area contributed by atoms with Crippen molar-refractivity contribution >= 4 is 28.9 Å². The van der Waals surface area contributed by atoms with E-state index in [0.717, 1.165) is 0 Å². The van der Waals surface area contributed by atoms with Gasteiger partial charge in [0.1, 0.15) is 0 Å². The van der Waals surface area contributed by atoms with Gasteiger partial charge in [0.05, 0.1) is 5.69 Å². The van der Waals surface area contributed by atoms with Crippen LogP contribution in [0.15, 0.2) is 29.4 Å². The smallest absolute Gasteiger partial charge is 0.298 e. The first-order chi connectivity index (χ1) is 7.65. The van der Waals surface area contributed by atoms with Gasteiger partial charge in [-0.1, -0.05) is 17.3 Å². The van der Waals surface area contributed by atoms with Gasteiger partial charge in [-0.05, 0) is 12.1 Å². The number of para-hydroxylation sites is 1. The van der Waals surface area contributed by atoms with Gasteiger partial charge in [-0.3, -0.25) is 14.4 Å². The fraction of sp³-hybridized carbons (Fsp3) is 0. The summed E-state index contributed by atoms with van der Waals surface area (Å²) < 4.78 is 0. The van der Waals surface area contributed by atoms with E-state index in [-0.39, 0.29) is 11.3 Å². The molecule has 1 amide bonds. The first-order valence-corrected chi connectivity index (χ1v) is 4.36. The third-order valence-electron chi connectivity index (χ3n) is 2.16. The van der Waals surface area contributed by atoms with Crippen LogP contribution in [0.1, 0.15) is 10.4 Å². The molecule has 0 aliphatic carbocycles. The van der Waals surface area contributed by atoms with E-state index >= 15 is 0 Å². The molecule has 1 aliphatic rings. The normalized spacial score (nSPS) is 18.0. The van der Waals surface area contributed by atoms with Crippen molar-refractivity contribution in [3.05, 3.63) is 29.8 Å². The third-order valence-corrected chi connectivity index (χ3v) is 2.16. The van der Waals surface area contributed by atoms with Gasteiger partial charge in [-0.15, -0.1) is 0 Å². The highest BCUT2D eigenvalue weighted by Crippen LogP contribution is 2.19. The Morgan fingerprint density at radius 1 is 1.06 bits per heavy atom. The van der Waals surface area contributed by atoms with Crippen LogP contribution in [-0.4, -0.2) is 28.4 Å². The highest BCUT2D eigenvalue weighted by atomic mass is 16.4. The van der Waals surface area contributed by atoms with Crippen LogP contribution < -0.4 is 5.32 Å². The minimum Gasteiger partial charge on any atom is -0.410 e. The zero-order valence-electron chi connectivity index (χ0n) is 7.93. The monoisotopic (exact) mass is 218 g/mol. The zero-order valence-corrected chi connectivity index (χ0v) is 7.93. The number of amides is 1. The second-order valence-electron chi connectivity index (χ2n) is 3.11. The molecule has 1 heterocycles. The van der Waals surface area contributed by atoms with Crippen LogP contribution in [0.25, 0.3) is 0 Å². The Bertz CT molecular complexity index is 533. The summed E-state index contributed by atoms with van der Waals surface area (Å²) in [7, 11) is 0. The van der Waals surface area contributed by atoms with Crippen LogP contribution in [0.5, 0.6) is 0 Å². The fourth-order valence-corrected chi connectivity index (χ4v) is 1.40. The molecule has 0 atom stereocenters. The number of oxime groups is 1. The summed E-state index contributed by atoms with van der Waals surface area (Å²) in [6, 6.07) is 6.10. The van der Waals surface area contributed by atoms with E-state index in [1.165, 1.54) is 12.1 Å². The van der Waals surface area contributed by atoms with Gasteiger partial charge in [0.25, 0.3) is 11.7 Å². The Hall–Kier alpha value is -2.50. The largest absolute Gasteiger partial charge is 0.410 e. The van der Waals surface area contributed by atoms with Crippen molar-refractivity contribution in [1.29, 1.82) is 0 Å². The summed E-state index contributed by atoms with van der Waals surface area (Å²) >= 11 is 0. The molecule has 2 rings (SSSR count). The first-order valence-electron chi connectivity index (χ1n) is 4.36. The molecule has 2 N–H and O–H groups in total. The average molecular weight is 218 g/mol. The molecule has 1 aromatic rings. The Balaban J connectivity index is 2.66. The van der Waals surface area contributed by atoms with Crippen LogP contribution in [0.3, 0.4) is 0 Å². The molecule has 0 bridgehead atoms. The Labute approximate surface area is 89.6 Å². The lowest BCUT2D eigenvalue weighted by Gasteiger charge is -2.02. The molecular formula is C10H6N2O4. The Morgan fingerprint density at radius 3 is 2.44 bits per heavy atom. The zero-order chi connectivity index (χ0) is 11.7. The number of rotatable bonds is 0. The van der Waals surface area contributed by atoms with Gasteiger partial charge >= 0.3 is 0 Å². The van der Waals surface area contributed by atoms with Crippen molar-refractivity contribution in [1.82, 2.24) is 0 Å². The first kappa shape index (κ1) is 10.0. The van der Waals surface area contributed by atoms with Gasteiger partial charge in [0, 0.05) is 5.56 Å². The van der Waals surface area contributed by atoms with Crippen molar-refractivity contribution in [3.8, 4) is 0 Å². The highest BCUT2D eigenvalue weighted by Gasteiger charge is 2.33. The van der Waals surface area contributed by atoms with Crippen molar-refractivity contribution in [2.45, 2.75) is 0 Å². The number of ketones is 2. The lowest BCUT2D eigenvalue weighted by molar-refractivity contribution is -0.130. The second kappa shape index (κ2) is 3.58. The number of carbonyl (C=O) groups excluding carboxylic acids is 3. The van der Waals surface area contributed by atoms with Crippen molar-refractivity contribution in [2.24, 2.45) is 5.16 Å². The lowest BCUT2D eigenvalue weighted by atomic mass is 10.0. The molecule has 0 aromatic heterocycles. The summed E-state index contributed by atoms with van der Waals surface area (Å²) in [5.74, 6) is -2.92. The number of nitrogens with zero attached hydrogens (tertiary/aromatic N) is 1. The molecule has 6 nitrogen and oxygen atoms in total. The Kier molecular flexibility index (Phi) is 2.24. The van der Waals surface area contributed by atoms with Crippen molar-refractivity contribution in [2.75, 3.05) is 5.32 Å². The molecule has 16 heavy (non-hydrogen) atoms. The SMILES string of the molecule is O=C1Nc2ccccc2C(=O)/C(=N/O)C1=O. The maximum absolute atomic E-state index is 11.7. The van der Waals surface area contributed by atoms with Crippen molar-refractivity contribution in [3.63, 3.8) is 0 Å². The second-order valence-corrected chi connectivity index (χ2v) is 3.11. The van der Waals surface area contributed by atoms with Gasteiger partial charge in [-0.25, -0.2) is 0 Å². The number of hydrogen-bond donors (Lipinski definition) is 2. The number of nitrogens with one attached hydrogen (secondary N) is 1. The molecular weight excluding hydrogens is 212 g/mol. The maximum atomic E-state index is 11.7. The van der Waals surface area contributed by atoms with Crippen LogP contribution in [0.4, 0.5) is 5.69 Å². The number of hydrogen-bond acceptors (Lipinski definition) is 5. The molecule has 80 valence electrons. The minimum absolute atomic E-state index is 0.120. The highest BCUT2D eigenvalue weighted by molar-refractivity contribution is 6.83. The molecule has 6 heteroatoms. The van der Waals surface area contributed by atoms with Crippen LogP contribution in [-0.2, 0) is 9.59 Å². The summed E-state index contributed by atoms with van der Waals surface area (Å²) in [4.78, 5) is 34.3. The maximum Gasteiger partial charge on any atom is 0.298 e. The summed E-state index contributed by atoms with van der Waals surface area (Å²) in [5, 5.41) is 13.4. The van der Waals surface area contributed by atoms with Gasteiger partial charge in [0.15, 0.2) is 0 Å². The fourth-order valence-electron chi connectivity index (χ4n) is 1.40. The van der Waals surface area contributed by atoms with Gasteiger partial charge in [-0.2, -0.15) is 0 Å². The van der Waals surface area contributed by atoms with Crippen molar-refractivity contribution < 1.29 is 19.6 Å². The quantitative estimate of drug-likeness (QED) is 0.370. The van der Waals surface area contributed by atoms with E-state index in [4.69, 9.17) is 5.21 Å². The van der Waals surface area contributed by atoms with Crippen LogP contribution in [0.2, 0.25) is 0 Å². The summed E-state index contributed by atoms with van der Waals surface area (Å²) in [6.07, 6.45) is 0. The minimum atomic E-state index is -1.15. The lowest BCUT2D eigenvalue weighted by Crippen LogP contribution is -2.31. The Morgan fingerprint density at radius 2 is 1.75 bits per heavy atom. The van der Waals surface area contributed by atoms with E-state index in [9.17, 15) is 14.4 Å². The average Bonchev–Trinajstić information content (AvgIpc) is 2.37. The molecule has 0 spiro atoms. The van der Waals surface area contributed by atoms with Crippen LogP contribution in [0, 0.1) is 0 Å². The summed E-state index contributed by atoms with van der Waals surface area (Å²) in [6.45, 7) is 0. The number of fused-ring (bicyclic) bond motifs is 1. The van der Waals surface area contributed by atoms with E-state index in [1.54, 1.807) is 12.1 Å². The molecule has 1 aliphatic heterocycles. The molecule has 0 unspecified atom stereocenters. The predicted molar refractivity (Wildman–Crippen MR) is 53.6 cm³/mol. The van der Waals surface area contributed by atoms with Gasteiger partial charge in [0.2, 0.25) is 11.5 Å². The van der Waals surface area contributed by atoms with E-state index < -0.39 is 23.2 Å². The standard InChI is InChI=1S/C10H6N2O4/c13-8-5-3-1-2-4-6(5)11-10(15)9(14)7(8)12-16/h1-4,16H,(H,11,15)/b12-7-. The molecule has 1 aromatic carbocycles. The topological polar surface area (TPSA) is 95.8 Å². The number of anilines is 1. The molecule has 0 radical (unpaired) electrons. The molecule has 0 saturated heterocycles. The number of Topliss-reactive ketones (excluding diaryl/α,β-unsaturated/α-hetero) is 2. The van der Waals surface area contributed by atoms with E-state index in [1.807, 2.05) is 0 Å². The number of benzene rings is 1. The molecule has 0 saturated carbocycles. The number of carbonyl (C=O) groups is 3. The van der Waals surface area contributed by atoms with Crippen LogP contribution >= 0.6 is 0 Å². The van der Waals surface area contributed by atoms with E-state index in [2.05, 4.69) is 10.5 Å².